The van der Waals surface area contributed by atoms with Gasteiger partial charge in [-0.1, -0.05) is 0 Å². The summed E-state index contributed by atoms with van der Waals surface area (Å²) in [5.74, 6) is 0.658. The molecule has 100 valence electrons. The van der Waals surface area contributed by atoms with Gasteiger partial charge < -0.3 is 15.4 Å². The fourth-order valence-corrected chi connectivity index (χ4v) is 2.17. The van der Waals surface area contributed by atoms with Crippen LogP contribution in [0.25, 0.3) is 0 Å². The number of carbonyl (C=O) groups is 1. The Labute approximate surface area is 124 Å². The smallest absolute Gasteiger partial charge is 0.255 e. The highest BCUT2D eigenvalue weighted by Gasteiger charge is 2.10. The number of nitrogens with zero attached hydrogens (tertiary/aromatic N) is 1. The molecule has 0 aliphatic heterocycles. The van der Waals surface area contributed by atoms with Crippen LogP contribution in [0.2, 0.25) is 0 Å². The van der Waals surface area contributed by atoms with Crippen molar-refractivity contribution in [2.75, 3.05) is 6.54 Å². The number of H-pyrrole nitrogens is 1. The maximum atomic E-state index is 11.9. The lowest BCUT2D eigenvalue weighted by Gasteiger charge is -2.06. The highest BCUT2D eigenvalue weighted by Crippen LogP contribution is 2.19. The third kappa shape index (κ3) is 3.95. The third-order valence-corrected chi connectivity index (χ3v) is 3.30. The van der Waals surface area contributed by atoms with Crippen LogP contribution in [0.4, 0.5) is 0 Å². The summed E-state index contributed by atoms with van der Waals surface area (Å²) in [4.78, 5) is 19.0. The van der Waals surface area contributed by atoms with Crippen LogP contribution in [0.3, 0.4) is 0 Å². The minimum absolute atomic E-state index is 0.00366. The van der Waals surface area contributed by atoms with Gasteiger partial charge in [-0.3, -0.25) is 4.79 Å². The van der Waals surface area contributed by atoms with Crippen molar-refractivity contribution in [3.05, 3.63) is 45.6 Å². The van der Waals surface area contributed by atoms with Crippen molar-refractivity contribution in [2.24, 2.45) is 0 Å². The van der Waals surface area contributed by atoms with E-state index in [0.717, 1.165) is 22.2 Å². The number of rotatable bonds is 5. The number of aromatic nitrogens is 2. The summed E-state index contributed by atoms with van der Waals surface area (Å²) in [5, 5.41) is 12.4. The third-order valence-electron chi connectivity index (χ3n) is 2.63. The molecule has 3 N–H and O–H groups in total. The molecule has 0 saturated heterocycles. The summed E-state index contributed by atoms with van der Waals surface area (Å²) >= 11 is 2.10. The Hall–Kier alpha value is -1.57. The average molecular weight is 371 g/mol. The molecular formula is C13H14IN3O2. The molecule has 2 aromatic rings. The number of benzene rings is 1. The Bertz CT molecular complexity index is 555. The van der Waals surface area contributed by atoms with E-state index in [-0.39, 0.29) is 11.7 Å². The molecule has 0 aliphatic rings. The summed E-state index contributed by atoms with van der Waals surface area (Å²) < 4.78 is 0.913. The second kappa shape index (κ2) is 6.55. The highest BCUT2D eigenvalue weighted by molar-refractivity contribution is 14.1. The first-order chi connectivity index (χ1) is 9.16. The molecule has 19 heavy (non-hydrogen) atoms. The molecule has 0 aliphatic carbocycles. The molecule has 5 nitrogen and oxygen atoms in total. The van der Waals surface area contributed by atoms with Crippen molar-refractivity contribution < 1.29 is 9.90 Å². The first kappa shape index (κ1) is 13.9. The molecule has 1 amide bonds. The number of amides is 1. The Morgan fingerprint density at radius 1 is 1.47 bits per heavy atom. The predicted octanol–water partition coefficient (Wildman–Crippen LogP) is 2.08. The van der Waals surface area contributed by atoms with Crippen LogP contribution in [0.5, 0.6) is 5.75 Å². The Balaban J connectivity index is 1.82. The van der Waals surface area contributed by atoms with E-state index >= 15 is 0 Å². The molecule has 0 fully saturated rings. The number of imidazole rings is 1. The minimum atomic E-state index is -0.254. The molecule has 1 aromatic heterocycles. The number of hydrogen-bond acceptors (Lipinski definition) is 3. The van der Waals surface area contributed by atoms with Gasteiger partial charge in [0.2, 0.25) is 0 Å². The molecule has 1 aromatic carbocycles. The summed E-state index contributed by atoms with van der Waals surface area (Å²) in [5.41, 5.74) is 0.310. The topological polar surface area (TPSA) is 78.0 Å². The van der Waals surface area contributed by atoms with Gasteiger partial charge in [0.25, 0.3) is 5.91 Å². The van der Waals surface area contributed by atoms with Gasteiger partial charge in [0.05, 0.1) is 5.56 Å². The molecule has 1 heterocycles. The second-order valence-electron chi connectivity index (χ2n) is 4.06. The van der Waals surface area contributed by atoms with E-state index in [1.807, 2.05) is 0 Å². The van der Waals surface area contributed by atoms with Crippen molar-refractivity contribution in [1.82, 2.24) is 15.3 Å². The van der Waals surface area contributed by atoms with Gasteiger partial charge in [0, 0.05) is 28.9 Å². The van der Waals surface area contributed by atoms with Gasteiger partial charge in [-0.05, 0) is 47.2 Å². The van der Waals surface area contributed by atoms with E-state index in [4.69, 9.17) is 0 Å². The summed E-state index contributed by atoms with van der Waals surface area (Å²) in [6, 6.07) is 4.95. The summed E-state index contributed by atoms with van der Waals surface area (Å²) in [6.45, 7) is 0.546. The van der Waals surface area contributed by atoms with Crippen LogP contribution in [0, 0.1) is 3.57 Å². The Morgan fingerprint density at radius 3 is 3.05 bits per heavy atom. The SMILES string of the molecule is O=C(NCCCc1ncc[nH]1)c1cc(I)ccc1O. The van der Waals surface area contributed by atoms with Gasteiger partial charge in [0.15, 0.2) is 0 Å². The fraction of sp³-hybridized carbons (Fsp3) is 0.231. The number of aromatic hydroxyl groups is 1. The van der Waals surface area contributed by atoms with Crippen molar-refractivity contribution in [1.29, 1.82) is 0 Å². The monoisotopic (exact) mass is 371 g/mol. The number of phenolic OH excluding ortho intramolecular Hbond substituents is 1. The highest BCUT2D eigenvalue weighted by atomic mass is 127. The zero-order chi connectivity index (χ0) is 13.7. The zero-order valence-electron chi connectivity index (χ0n) is 10.2. The first-order valence-electron chi connectivity index (χ1n) is 5.92. The van der Waals surface area contributed by atoms with E-state index in [2.05, 4.69) is 37.9 Å². The van der Waals surface area contributed by atoms with Crippen molar-refractivity contribution in [3.8, 4) is 5.75 Å². The second-order valence-corrected chi connectivity index (χ2v) is 5.30. The quantitative estimate of drug-likeness (QED) is 0.556. The molecule has 2 rings (SSSR count). The molecule has 0 spiro atoms. The van der Waals surface area contributed by atoms with Crippen LogP contribution in [0.1, 0.15) is 22.6 Å². The molecule has 0 unspecified atom stereocenters. The molecule has 0 atom stereocenters. The largest absolute Gasteiger partial charge is 0.507 e. The van der Waals surface area contributed by atoms with Crippen molar-refractivity contribution >= 4 is 28.5 Å². The maximum absolute atomic E-state index is 11.9. The summed E-state index contributed by atoms with van der Waals surface area (Å²) in [7, 11) is 0. The number of aryl methyl sites for hydroxylation is 1. The maximum Gasteiger partial charge on any atom is 0.255 e. The van der Waals surface area contributed by atoms with Gasteiger partial charge in [-0.25, -0.2) is 4.98 Å². The van der Waals surface area contributed by atoms with Crippen LogP contribution >= 0.6 is 22.6 Å². The molecule has 0 saturated carbocycles. The lowest BCUT2D eigenvalue weighted by atomic mass is 10.2. The van der Waals surface area contributed by atoms with Crippen LogP contribution in [0.15, 0.2) is 30.6 Å². The van der Waals surface area contributed by atoms with Gasteiger partial charge >= 0.3 is 0 Å². The van der Waals surface area contributed by atoms with Gasteiger partial charge in [-0.2, -0.15) is 0 Å². The number of phenols is 1. The van der Waals surface area contributed by atoms with Crippen LogP contribution in [-0.2, 0) is 6.42 Å². The number of aromatic amines is 1. The molecular weight excluding hydrogens is 357 g/mol. The van der Waals surface area contributed by atoms with E-state index in [0.29, 0.717) is 12.1 Å². The molecule has 0 radical (unpaired) electrons. The Morgan fingerprint density at radius 2 is 2.32 bits per heavy atom. The summed E-state index contributed by atoms with van der Waals surface area (Å²) in [6.07, 6.45) is 5.06. The molecule has 0 bridgehead atoms. The lowest BCUT2D eigenvalue weighted by molar-refractivity contribution is 0.0950. The fourth-order valence-electron chi connectivity index (χ4n) is 1.68. The number of halogens is 1. The van der Waals surface area contributed by atoms with Gasteiger partial charge in [-0.15, -0.1) is 0 Å². The normalized spacial score (nSPS) is 10.4. The number of hydrogen-bond donors (Lipinski definition) is 3. The lowest BCUT2D eigenvalue weighted by Crippen LogP contribution is -2.25. The van der Waals surface area contributed by atoms with Crippen LogP contribution < -0.4 is 5.32 Å². The van der Waals surface area contributed by atoms with Gasteiger partial charge in [0.1, 0.15) is 11.6 Å². The van der Waals surface area contributed by atoms with E-state index in [1.54, 1.807) is 24.5 Å². The number of nitrogens with one attached hydrogen (secondary N) is 2. The molecule has 6 heteroatoms. The van der Waals surface area contributed by atoms with E-state index in [9.17, 15) is 9.90 Å². The first-order valence-corrected chi connectivity index (χ1v) is 6.99. The minimum Gasteiger partial charge on any atom is -0.507 e. The van der Waals surface area contributed by atoms with Crippen LogP contribution in [-0.4, -0.2) is 27.5 Å². The van der Waals surface area contributed by atoms with Crippen molar-refractivity contribution in [2.45, 2.75) is 12.8 Å². The van der Waals surface area contributed by atoms with E-state index in [1.165, 1.54) is 6.07 Å². The van der Waals surface area contributed by atoms with E-state index < -0.39 is 0 Å². The predicted molar refractivity (Wildman–Crippen MR) is 80.1 cm³/mol. The number of carbonyl (C=O) groups excluding carboxylic acids is 1. The zero-order valence-corrected chi connectivity index (χ0v) is 12.3. The Kier molecular flexibility index (Phi) is 4.78. The average Bonchev–Trinajstić information content (AvgIpc) is 2.90. The van der Waals surface area contributed by atoms with Crippen molar-refractivity contribution in [3.63, 3.8) is 0 Å². The standard InChI is InChI=1S/C13H14IN3O2/c14-9-3-4-11(18)10(8-9)13(19)17-5-1-2-12-15-6-7-16-12/h3-4,6-8,18H,1-2,5H2,(H,15,16)(H,17,19).